The standard InChI is InChI=1S/C32H52O5/c1-11-28(15-16-29(37-10)21(2)3)19-23(5)14-12-13-22(4)17-25(7)31(35)27(9)32(36)26(8)18-24(6)20-30(33)34/h12-13,15-17,19-23,26-27,29,32,36H,11,14,18H2,1-10H3,(H,33,34)/b13-12?,16-15?,24-20?,25-17+,28-19?. The van der Waals surface area contributed by atoms with Crippen LogP contribution in [0.25, 0.3) is 0 Å². The van der Waals surface area contributed by atoms with E-state index in [1.54, 1.807) is 27.9 Å². The Balaban J connectivity index is 5.05. The maximum Gasteiger partial charge on any atom is 0.328 e. The van der Waals surface area contributed by atoms with Crippen molar-refractivity contribution in [2.45, 2.75) is 93.8 Å². The molecule has 0 rings (SSSR count). The molecule has 5 nitrogen and oxygen atoms in total. The molecule has 0 bridgehead atoms. The predicted octanol–water partition coefficient (Wildman–Crippen LogP) is 7.34. The van der Waals surface area contributed by atoms with Crippen LogP contribution in [0.15, 0.2) is 59.3 Å². The van der Waals surface area contributed by atoms with E-state index < -0.39 is 18.0 Å². The first-order chi connectivity index (χ1) is 17.2. The first-order valence-corrected chi connectivity index (χ1v) is 13.6. The topological polar surface area (TPSA) is 83.8 Å². The van der Waals surface area contributed by atoms with E-state index in [1.807, 2.05) is 13.0 Å². The molecule has 6 atom stereocenters. The van der Waals surface area contributed by atoms with Gasteiger partial charge in [-0.15, -0.1) is 0 Å². The molecule has 0 saturated carbocycles. The van der Waals surface area contributed by atoms with Gasteiger partial charge in [0.1, 0.15) is 0 Å². The van der Waals surface area contributed by atoms with Crippen molar-refractivity contribution in [2.24, 2.45) is 29.6 Å². The van der Waals surface area contributed by atoms with Crippen LogP contribution in [0, 0.1) is 29.6 Å². The van der Waals surface area contributed by atoms with E-state index in [1.165, 1.54) is 5.57 Å². The van der Waals surface area contributed by atoms with Crippen molar-refractivity contribution in [1.82, 2.24) is 0 Å². The highest BCUT2D eigenvalue weighted by Gasteiger charge is 2.27. The molecule has 37 heavy (non-hydrogen) atoms. The highest BCUT2D eigenvalue weighted by Crippen LogP contribution is 2.23. The molecule has 2 N–H and O–H groups in total. The zero-order valence-electron chi connectivity index (χ0n) is 24.8. The second-order valence-corrected chi connectivity index (χ2v) is 10.9. The number of ether oxygens (including phenoxy) is 1. The first-order valence-electron chi connectivity index (χ1n) is 13.6. The van der Waals surface area contributed by atoms with Gasteiger partial charge in [0.15, 0.2) is 5.78 Å². The van der Waals surface area contributed by atoms with E-state index in [-0.39, 0.29) is 23.7 Å². The summed E-state index contributed by atoms with van der Waals surface area (Å²) in [4.78, 5) is 23.7. The lowest BCUT2D eigenvalue weighted by Gasteiger charge is -2.24. The minimum atomic E-state index is -1.00. The lowest BCUT2D eigenvalue weighted by Crippen LogP contribution is -2.32. The third kappa shape index (κ3) is 14.3. The number of rotatable bonds is 17. The molecular weight excluding hydrogens is 464 g/mol. The van der Waals surface area contributed by atoms with Crippen molar-refractivity contribution in [1.29, 1.82) is 0 Å². The Morgan fingerprint density at radius 3 is 2.11 bits per heavy atom. The highest BCUT2D eigenvalue weighted by molar-refractivity contribution is 5.96. The number of carboxylic acids is 1. The largest absolute Gasteiger partial charge is 0.478 e. The molecule has 0 heterocycles. The van der Waals surface area contributed by atoms with Crippen LogP contribution in [0.3, 0.4) is 0 Å². The molecule has 0 fully saturated rings. The monoisotopic (exact) mass is 516 g/mol. The van der Waals surface area contributed by atoms with Gasteiger partial charge >= 0.3 is 5.97 Å². The van der Waals surface area contributed by atoms with Gasteiger partial charge in [0.2, 0.25) is 0 Å². The van der Waals surface area contributed by atoms with Crippen molar-refractivity contribution in [3.8, 4) is 0 Å². The quantitative estimate of drug-likeness (QED) is 0.120. The van der Waals surface area contributed by atoms with Crippen LogP contribution in [0.5, 0.6) is 0 Å². The van der Waals surface area contributed by atoms with Gasteiger partial charge in [-0.3, -0.25) is 4.79 Å². The fourth-order valence-corrected chi connectivity index (χ4v) is 4.46. The average Bonchev–Trinajstić information content (AvgIpc) is 2.81. The van der Waals surface area contributed by atoms with Gasteiger partial charge < -0.3 is 14.9 Å². The zero-order valence-corrected chi connectivity index (χ0v) is 24.8. The molecule has 6 unspecified atom stereocenters. The number of allylic oxidation sites excluding steroid dienone is 8. The van der Waals surface area contributed by atoms with Crippen molar-refractivity contribution in [3.05, 3.63) is 59.3 Å². The molecular formula is C32H52O5. The number of aliphatic carboxylic acids is 1. The number of aliphatic hydroxyl groups excluding tert-OH is 1. The van der Waals surface area contributed by atoms with E-state index in [0.29, 0.717) is 29.4 Å². The van der Waals surface area contributed by atoms with E-state index in [2.05, 4.69) is 65.0 Å². The van der Waals surface area contributed by atoms with Gasteiger partial charge in [-0.25, -0.2) is 4.79 Å². The number of carboxylic acid groups (broad SMARTS) is 1. The molecule has 0 aliphatic rings. The van der Waals surface area contributed by atoms with Gasteiger partial charge in [0.25, 0.3) is 0 Å². The molecule has 0 amide bonds. The summed E-state index contributed by atoms with van der Waals surface area (Å²) >= 11 is 0. The van der Waals surface area contributed by atoms with Crippen LogP contribution in [0.1, 0.15) is 81.6 Å². The third-order valence-electron chi connectivity index (χ3n) is 6.71. The van der Waals surface area contributed by atoms with Gasteiger partial charge in [-0.05, 0) is 62.4 Å². The summed E-state index contributed by atoms with van der Waals surface area (Å²) in [5.41, 5.74) is 2.61. The molecule has 5 heteroatoms. The van der Waals surface area contributed by atoms with Crippen LogP contribution in [0.4, 0.5) is 0 Å². The molecule has 0 saturated heterocycles. The maximum atomic E-state index is 12.9. The molecule has 0 radical (unpaired) electrons. The number of hydrogen-bond acceptors (Lipinski definition) is 4. The van der Waals surface area contributed by atoms with Crippen molar-refractivity contribution >= 4 is 11.8 Å². The number of methoxy groups -OCH3 is 1. The van der Waals surface area contributed by atoms with Gasteiger partial charge in [0.05, 0.1) is 12.2 Å². The van der Waals surface area contributed by atoms with Crippen LogP contribution >= 0.6 is 0 Å². The fourth-order valence-electron chi connectivity index (χ4n) is 4.46. The molecule has 0 aromatic heterocycles. The smallest absolute Gasteiger partial charge is 0.328 e. The van der Waals surface area contributed by atoms with Crippen LogP contribution in [-0.4, -0.2) is 41.3 Å². The number of hydrogen-bond donors (Lipinski definition) is 2. The number of ketones is 1. The Morgan fingerprint density at radius 2 is 1.59 bits per heavy atom. The lowest BCUT2D eigenvalue weighted by molar-refractivity contribution is -0.131. The minimum Gasteiger partial charge on any atom is -0.478 e. The zero-order chi connectivity index (χ0) is 28.7. The lowest BCUT2D eigenvalue weighted by atomic mass is 9.84. The Labute approximate surface area is 226 Å². The van der Waals surface area contributed by atoms with Crippen LogP contribution < -0.4 is 0 Å². The first kappa shape index (κ1) is 34.8. The summed E-state index contributed by atoms with van der Waals surface area (Å²) in [6.07, 6.45) is 15.6. The van der Waals surface area contributed by atoms with Crippen LogP contribution in [-0.2, 0) is 14.3 Å². The van der Waals surface area contributed by atoms with E-state index >= 15 is 0 Å². The second-order valence-electron chi connectivity index (χ2n) is 10.9. The van der Waals surface area contributed by atoms with Gasteiger partial charge in [0, 0.05) is 19.1 Å². The molecule has 210 valence electrons. The molecule has 0 aromatic carbocycles. The molecule has 0 spiro atoms. The summed E-state index contributed by atoms with van der Waals surface area (Å²) in [5.74, 6) is -0.928. The summed E-state index contributed by atoms with van der Waals surface area (Å²) in [6, 6.07) is 0. The normalized spacial score (nSPS) is 18.8. The predicted molar refractivity (Wildman–Crippen MR) is 154 cm³/mol. The second kappa shape index (κ2) is 18.1. The van der Waals surface area contributed by atoms with Crippen molar-refractivity contribution in [3.63, 3.8) is 0 Å². The fraction of sp³-hybridized carbons (Fsp3) is 0.625. The SMILES string of the molecule is CCC(C=CC(OC)C(C)C)=CC(C)CC=CC(C)/C=C(\C)C(=O)C(C)C(O)C(C)CC(C)=CC(=O)O. The number of aliphatic hydroxyl groups is 1. The molecule has 0 aliphatic carbocycles. The number of Topliss-reactive ketones (excluding diaryl/α,β-unsaturated/α-hetero) is 1. The molecule has 0 aliphatic heterocycles. The summed E-state index contributed by atoms with van der Waals surface area (Å²) in [6.45, 7) is 17.8. The Kier molecular flexibility index (Phi) is 17.0. The van der Waals surface area contributed by atoms with Crippen LogP contribution in [0.2, 0.25) is 0 Å². The van der Waals surface area contributed by atoms with Gasteiger partial charge in [-0.2, -0.15) is 0 Å². The molecule has 0 aromatic rings. The highest BCUT2D eigenvalue weighted by atomic mass is 16.5. The summed E-state index contributed by atoms with van der Waals surface area (Å²) < 4.78 is 5.53. The Bertz CT molecular complexity index is 858. The number of carbonyl (C=O) groups excluding carboxylic acids is 1. The minimum absolute atomic E-state index is 0.0779. The average molecular weight is 517 g/mol. The number of carbonyl (C=O) groups is 2. The Morgan fingerprint density at radius 1 is 0.973 bits per heavy atom. The summed E-state index contributed by atoms with van der Waals surface area (Å²) in [7, 11) is 1.75. The van der Waals surface area contributed by atoms with E-state index in [9.17, 15) is 14.7 Å². The maximum absolute atomic E-state index is 12.9. The van der Waals surface area contributed by atoms with Gasteiger partial charge in [-0.1, -0.05) is 96.1 Å². The van der Waals surface area contributed by atoms with E-state index in [4.69, 9.17) is 9.84 Å². The van der Waals surface area contributed by atoms with Crippen molar-refractivity contribution < 1.29 is 24.5 Å². The van der Waals surface area contributed by atoms with Crippen molar-refractivity contribution in [2.75, 3.05) is 7.11 Å². The summed E-state index contributed by atoms with van der Waals surface area (Å²) in [5, 5.41) is 19.6. The third-order valence-corrected chi connectivity index (χ3v) is 6.71. The Hall–Kier alpha value is -2.24. The van der Waals surface area contributed by atoms with E-state index in [0.717, 1.165) is 18.9 Å².